The fourth-order valence-corrected chi connectivity index (χ4v) is 4.28. The molecule has 0 aliphatic heterocycles. The first-order valence-electron chi connectivity index (χ1n) is 13.5. The van der Waals surface area contributed by atoms with Crippen LogP contribution in [0.4, 0.5) is 0 Å². The van der Waals surface area contributed by atoms with Crippen molar-refractivity contribution in [2.75, 3.05) is 13.2 Å². The Morgan fingerprint density at radius 1 is 0.629 bits per heavy atom. The van der Waals surface area contributed by atoms with Crippen LogP contribution in [-0.4, -0.2) is 51.3 Å². The van der Waals surface area contributed by atoms with E-state index in [1.54, 1.807) is 0 Å². The van der Waals surface area contributed by atoms with Crippen molar-refractivity contribution in [1.29, 1.82) is 0 Å². The molecule has 0 spiro atoms. The highest BCUT2D eigenvalue weighted by Gasteiger charge is 2.20. The lowest BCUT2D eigenvalue weighted by Crippen LogP contribution is -2.26. The second-order valence-electron chi connectivity index (χ2n) is 9.34. The van der Waals surface area contributed by atoms with Crippen molar-refractivity contribution in [3.8, 4) is 0 Å². The maximum absolute atomic E-state index is 11.7. The van der Waals surface area contributed by atoms with Crippen LogP contribution < -0.4 is 0 Å². The van der Waals surface area contributed by atoms with Crippen molar-refractivity contribution in [2.45, 2.75) is 135 Å². The average Bonchev–Trinajstić information content (AvgIpc) is 2.79. The number of aliphatic carboxylic acids is 1. The summed E-state index contributed by atoms with van der Waals surface area (Å²) < 4.78 is 19.9. The molecule has 0 aromatic rings. The van der Waals surface area contributed by atoms with Crippen molar-refractivity contribution in [2.24, 2.45) is 0 Å². The molecule has 9 nitrogen and oxygen atoms in total. The van der Waals surface area contributed by atoms with Crippen LogP contribution in [0, 0.1) is 0 Å². The first kappa shape index (κ1) is 34.0. The zero-order valence-electron chi connectivity index (χ0n) is 21.4. The third kappa shape index (κ3) is 27.4. The van der Waals surface area contributed by atoms with Gasteiger partial charge < -0.3 is 24.7 Å². The largest absolute Gasteiger partial charge is 0.481 e. The van der Waals surface area contributed by atoms with Gasteiger partial charge in [-0.15, -0.1) is 0 Å². The Bertz CT molecular complexity index is 565. The highest BCUT2D eigenvalue weighted by Crippen LogP contribution is 2.35. The topological polar surface area (TPSA) is 151 Å². The monoisotopic (exact) mass is 524 g/mol. The quantitative estimate of drug-likeness (QED) is 0.0617. The molecule has 0 rings (SSSR count). The van der Waals surface area contributed by atoms with Gasteiger partial charge in [-0.3, -0.25) is 14.1 Å². The fraction of sp³-hybridized carbons (Fsp3) is 0.920. The third-order valence-corrected chi connectivity index (χ3v) is 6.44. The molecule has 208 valence electrons. The molecule has 35 heavy (non-hydrogen) atoms. The maximum atomic E-state index is 11.7. The summed E-state index contributed by atoms with van der Waals surface area (Å²) in [6, 6.07) is 0. The van der Waals surface area contributed by atoms with Gasteiger partial charge in [0.1, 0.15) is 6.10 Å². The minimum absolute atomic E-state index is 0.221. The Balaban J connectivity index is 3.32. The summed E-state index contributed by atoms with van der Waals surface area (Å²) in [5.74, 6) is -1.18. The number of hydrogen-bond acceptors (Lipinski definition) is 6. The predicted octanol–water partition coefficient (Wildman–Crippen LogP) is 5.89. The molecule has 0 radical (unpaired) electrons. The normalized spacial score (nSPS) is 12.5. The van der Waals surface area contributed by atoms with Crippen LogP contribution in [0.1, 0.15) is 128 Å². The minimum atomic E-state index is -4.65. The highest BCUT2D eigenvalue weighted by atomic mass is 31.2. The second kappa shape index (κ2) is 23.4. The van der Waals surface area contributed by atoms with Crippen molar-refractivity contribution < 1.29 is 43.4 Å². The van der Waals surface area contributed by atoms with Gasteiger partial charge in [-0.1, -0.05) is 103 Å². The van der Waals surface area contributed by atoms with E-state index < -0.39 is 39.1 Å². The van der Waals surface area contributed by atoms with Crippen LogP contribution in [0.3, 0.4) is 0 Å². The Morgan fingerprint density at radius 3 is 1.29 bits per heavy atom. The summed E-state index contributed by atoms with van der Waals surface area (Å²) in [4.78, 5) is 39.4. The molecule has 0 aliphatic rings. The van der Waals surface area contributed by atoms with E-state index in [0.717, 1.165) is 38.5 Å². The van der Waals surface area contributed by atoms with Gasteiger partial charge in [-0.25, -0.2) is 4.57 Å². The van der Waals surface area contributed by atoms with Crippen LogP contribution in [0.25, 0.3) is 0 Å². The van der Waals surface area contributed by atoms with E-state index in [2.05, 4.69) is 4.52 Å². The number of carboxylic acids is 1. The molecule has 0 aromatic carbocycles. The summed E-state index contributed by atoms with van der Waals surface area (Å²) in [5, 5.41) is 17.7. The van der Waals surface area contributed by atoms with Crippen molar-refractivity contribution in [3.63, 3.8) is 0 Å². The molecule has 0 aliphatic carbocycles. The van der Waals surface area contributed by atoms with Gasteiger partial charge >= 0.3 is 19.8 Å². The number of esters is 1. The molecule has 0 saturated carbocycles. The van der Waals surface area contributed by atoms with E-state index in [9.17, 15) is 14.2 Å². The Hall–Kier alpha value is -0.990. The van der Waals surface area contributed by atoms with Gasteiger partial charge in [0.2, 0.25) is 0 Å². The molecular weight excluding hydrogens is 475 g/mol. The van der Waals surface area contributed by atoms with Gasteiger partial charge in [0.05, 0.1) is 13.2 Å². The predicted molar refractivity (Wildman–Crippen MR) is 135 cm³/mol. The van der Waals surface area contributed by atoms with Crippen LogP contribution in [0.5, 0.6) is 0 Å². The van der Waals surface area contributed by atoms with Crippen molar-refractivity contribution in [1.82, 2.24) is 0 Å². The number of phosphoric ester groups is 1. The molecule has 0 fully saturated rings. The summed E-state index contributed by atoms with van der Waals surface area (Å²) in [6.45, 7) is -1.09. The molecule has 0 saturated heterocycles. The van der Waals surface area contributed by atoms with E-state index in [1.807, 2.05) is 0 Å². The smallest absolute Gasteiger partial charge is 0.469 e. The van der Waals surface area contributed by atoms with Crippen LogP contribution in [0.15, 0.2) is 0 Å². The Kier molecular flexibility index (Phi) is 22.7. The molecular formula is C25H49O9P. The number of rotatable bonds is 26. The first-order chi connectivity index (χ1) is 16.7. The van der Waals surface area contributed by atoms with Crippen LogP contribution in [0.2, 0.25) is 0 Å². The SMILES string of the molecule is O=C(O)CCCCCCCCCCCCCCCCCCCCC(=O)O[C@H](CO)COP(=O)(O)O. The molecule has 1 atom stereocenters. The zero-order chi connectivity index (χ0) is 26.2. The molecule has 0 aromatic heterocycles. The minimum Gasteiger partial charge on any atom is -0.481 e. The standard InChI is InChI=1S/C25H49O9P/c26-21-23(22-33-35(30,31)32)34-25(29)20-18-16-14-12-10-8-6-4-2-1-3-5-7-9-11-13-15-17-19-24(27)28/h23,26H,1-22H2,(H,27,28)(H2,30,31,32)/t23-/m1/s1. The lowest BCUT2D eigenvalue weighted by atomic mass is 10.0. The number of aliphatic hydroxyl groups is 1. The summed E-state index contributed by atoms with van der Waals surface area (Å²) in [7, 11) is -4.65. The number of carboxylic acid groups (broad SMARTS) is 1. The number of ether oxygens (including phenoxy) is 1. The molecule has 0 amide bonds. The lowest BCUT2D eigenvalue weighted by molar-refractivity contribution is -0.153. The van der Waals surface area contributed by atoms with Crippen molar-refractivity contribution in [3.05, 3.63) is 0 Å². The lowest BCUT2D eigenvalue weighted by Gasteiger charge is -2.15. The molecule has 10 heteroatoms. The summed E-state index contributed by atoms with van der Waals surface area (Å²) in [6.07, 6.45) is 20.4. The van der Waals surface area contributed by atoms with Gasteiger partial charge in [-0.2, -0.15) is 0 Å². The molecule has 0 heterocycles. The third-order valence-electron chi connectivity index (χ3n) is 5.95. The number of carbonyl (C=O) groups excluding carboxylic acids is 1. The van der Waals surface area contributed by atoms with E-state index >= 15 is 0 Å². The van der Waals surface area contributed by atoms with E-state index in [1.165, 1.54) is 70.6 Å². The Labute approximate surface area is 211 Å². The van der Waals surface area contributed by atoms with Crippen LogP contribution >= 0.6 is 7.82 Å². The Morgan fingerprint density at radius 2 is 0.971 bits per heavy atom. The summed E-state index contributed by atoms with van der Waals surface area (Å²) >= 11 is 0. The summed E-state index contributed by atoms with van der Waals surface area (Å²) in [5.41, 5.74) is 0. The highest BCUT2D eigenvalue weighted by molar-refractivity contribution is 7.46. The fourth-order valence-electron chi connectivity index (χ4n) is 3.92. The second-order valence-corrected chi connectivity index (χ2v) is 10.6. The van der Waals surface area contributed by atoms with Gasteiger partial charge in [0, 0.05) is 12.8 Å². The van der Waals surface area contributed by atoms with Gasteiger partial charge in [-0.05, 0) is 12.8 Å². The maximum Gasteiger partial charge on any atom is 0.469 e. The van der Waals surface area contributed by atoms with E-state index in [0.29, 0.717) is 12.8 Å². The number of aliphatic hydroxyl groups excluding tert-OH is 1. The van der Waals surface area contributed by atoms with Gasteiger partial charge in [0.25, 0.3) is 0 Å². The zero-order valence-corrected chi connectivity index (χ0v) is 22.3. The molecule has 0 unspecified atom stereocenters. The van der Waals surface area contributed by atoms with Crippen molar-refractivity contribution >= 4 is 19.8 Å². The first-order valence-corrected chi connectivity index (χ1v) is 15.0. The van der Waals surface area contributed by atoms with E-state index in [4.69, 9.17) is 24.7 Å². The van der Waals surface area contributed by atoms with Crippen LogP contribution in [-0.2, 0) is 23.4 Å². The number of carbonyl (C=O) groups is 2. The number of hydrogen-bond donors (Lipinski definition) is 4. The van der Waals surface area contributed by atoms with E-state index in [-0.39, 0.29) is 6.42 Å². The molecule has 4 N–H and O–H groups in total. The molecule has 0 bridgehead atoms. The number of phosphoric acid groups is 1. The number of unbranched alkanes of at least 4 members (excludes halogenated alkanes) is 17. The van der Waals surface area contributed by atoms with Gasteiger partial charge in [0.15, 0.2) is 0 Å². The average molecular weight is 525 g/mol.